The number of hydrogen-bond donors (Lipinski definition) is 0. The number of unbranched alkanes of at least 4 members (excludes halogenated alkanes) is 6. The fourth-order valence-electron chi connectivity index (χ4n) is 1.50. The number of esters is 1. The van der Waals surface area contributed by atoms with Crippen LogP contribution in [0.15, 0.2) is 12.2 Å². The molecule has 3 nitrogen and oxygen atoms in total. The van der Waals surface area contributed by atoms with E-state index in [0.717, 1.165) is 12.8 Å². The minimum Gasteiger partial charge on any atom is -0.460 e. The Hall–Kier alpha value is -0.830. The molecule has 0 spiro atoms. The van der Waals surface area contributed by atoms with Crippen molar-refractivity contribution in [2.24, 2.45) is 0 Å². The van der Waals surface area contributed by atoms with Crippen molar-refractivity contribution in [3.63, 3.8) is 0 Å². The van der Waals surface area contributed by atoms with Crippen LogP contribution in [0.1, 0.15) is 51.9 Å². The average Bonchev–Trinajstić information content (AvgIpc) is 2.33. The number of carbonyl (C=O) groups is 1. The van der Waals surface area contributed by atoms with Gasteiger partial charge in [0.1, 0.15) is 6.61 Å². The Morgan fingerprint density at radius 3 is 2.47 bits per heavy atom. The number of rotatable bonds is 11. The lowest BCUT2D eigenvalue weighted by Gasteiger charge is -2.00. The Balaban J connectivity index is 3.25. The van der Waals surface area contributed by atoms with E-state index in [1.807, 2.05) is 6.08 Å². The summed E-state index contributed by atoms with van der Waals surface area (Å²) in [6.45, 7) is 3.01. The smallest absolute Gasteiger partial charge is 0.330 e. The molecular formula is C14H26O3. The Morgan fingerprint density at radius 2 is 1.76 bits per heavy atom. The second-order valence-electron chi connectivity index (χ2n) is 4.12. The largest absolute Gasteiger partial charge is 0.460 e. The van der Waals surface area contributed by atoms with Crippen LogP contribution in [0.5, 0.6) is 0 Å². The van der Waals surface area contributed by atoms with Crippen molar-refractivity contribution in [1.29, 1.82) is 0 Å². The van der Waals surface area contributed by atoms with Crippen LogP contribution in [0.2, 0.25) is 0 Å². The first-order valence-corrected chi connectivity index (χ1v) is 6.63. The second-order valence-corrected chi connectivity index (χ2v) is 4.12. The molecule has 0 fully saturated rings. The van der Waals surface area contributed by atoms with Crippen LogP contribution in [-0.2, 0) is 14.3 Å². The van der Waals surface area contributed by atoms with E-state index >= 15 is 0 Å². The van der Waals surface area contributed by atoms with Gasteiger partial charge in [-0.1, -0.05) is 45.1 Å². The first kappa shape index (κ1) is 16.2. The summed E-state index contributed by atoms with van der Waals surface area (Å²) in [6, 6.07) is 0. The maximum Gasteiger partial charge on any atom is 0.330 e. The number of hydrogen-bond acceptors (Lipinski definition) is 3. The fraction of sp³-hybridized carbons (Fsp3) is 0.786. The van der Waals surface area contributed by atoms with Gasteiger partial charge in [0.15, 0.2) is 0 Å². The molecule has 0 radical (unpaired) electrons. The van der Waals surface area contributed by atoms with E-state index in [9.17, 15) is 4.79 Å². The zero-order chi connectivity index (χ0) is 12.8. The molecular weight excluding hydrogens is 216 g/mol. The summed E-state index contributed by atoms with van der Waals surface area (Å²) in [6.07, 6.45) is 12.0. The zero-order valence-electron chi connectivity index (χ0n) is 11.2. The molecule has 0 aromatic rings. The topological polar surface area (TPSA) is 35.5 Å². The summed E-state index contributed by atoms with van der Waals surface area (Å²) < 4.78 is 9.67. The Bertz CT molecular complexity index is 200. The van der Waals surface area contributed by atoms with Crippen molar-refractivity contribution in [2.75, 3.05) is 20.3 Å². The van der Waals surface area contributed by atoms with E-state index in [2.05, 4.69) is 6.92 Å². The Labute approximate surface area is 105 Å². The molecule has 0 rings (SSSR count). The normalized spacial score (nSPS) is 10.9. The first-order chi connectivity index (χ1) is 8.31. The van der Waals surface area contributed by atoms with Crippen molar-refractivity contribution < 1.29 is 14.3 Å². The highest BCUT2D eigenvalue weighted by Gasteiger charge is 1.95. The van der Waals surface area contributed by atoms with E-state index in [4.69, 9.17) is 9.47 Å². The highest BCUT2D eigenvalue weighted by molar-refractivity contribution is 5.81. The van der Waals surface area contributed by atoms with Gasteiger partial charge in [-0.3, -0.25) is 0 Å². The number of carbonyl (C=O) groups excluding carboxylic acids is 1. The molecule has 0 aromatic heterocycles. The van der Waals surface area contributed by atoms with Crippen molar-refractivity contribution in [2.45, 2.75) is 51.9 Å². The highest BCUT2D eigenvalue weighted by Crippen LogP contribution is 2.07. The molecule has 0 heterocycles. The lowest BCUT2D eigenvalue weighted by molar-refractivity contribution is -0.138. The van der Waals surface area contributed by atoms with Gasteiger partial charge >= 0.3 is 5.97 Å². The molecule has 0 bridgehead atoms. The van der Waals surface area contributed by atoms with Gasteiger partial charge in [0, 0.05) is 13.2 Å². The van der Waals surface area contributed by atoms with Gasteiger partial charge < -0.3 is 9.47 Å². The van der Waals surface area contributed by atoms with Crippen molar-refractivity contribution >= 4 is 5.97 Å². The van der Waals surface area contributed by atoms with E-state index in [-0.39, 0.29) is 5.97 Å². The van der Waals surface area contributed by atoms with Gasteiger partial charge in [-0.2, -0.15) is 0 Å². The van der Waals surface area contributed by atoms with E-state index in [0.29, 0.717) is 13.2 Å². The molecule has 0 aliphatic rings. The third-order valence-corrected chi connectivity index (χ3v) is 2.51. The molecule has 0 aliphatic carbocycles. The van der Waals surface area contributed by atoms with Crippen LogP contribution in [-0.4, -0.2) is 26.3 Å². The molecule has 0 amide bonds. The minimum atomic E-state index is -0.270. The van der Waals surface area contributed by atoms with Crippen LogP contribution >= 0.6 is 0 Å². The molecule has 0 aliphatic heterocycles. The molecule has 0 unspecified atom stereocenters. The quantitative estimate of drug-likeness (QED) is 0.316. The Morgan fingerprint density at radius 1 is 1.06 bits per heavy atom. The predicted molar refractivity (Wildman–Crippen MR) is 70.0 cm³/mol. The van der Waals surface area contributed by atoms with Crippen LogP contribution in [0.3, 0.4) is 0 Å². The minimum absolute atomic E-state index is 0.270. The van der Waals surface area contributed by atoms with Crippen LogP contribution in [0.25, 0.3) is 0 Å². The zero-order valence-corrected chi connectivity index (χ0v) is 11.2. The van der Waals surface area contributed by atoms with Crippen LogP contribution in [0.4, 0.5) is 0 Å². The summed E-state index contributed by atoms with van der Waals surface area (Å²) in [5.74, 6) is -0.270. The third kappa shape index (κ3) is 13.1. The Kier molecular flexibility index (Phi) is 12.6. The SMILES string of the molecule is CCCCCCCCC=CC(=O)OCCOC. The monoisotopic (exact) mass is 242 g/mol. The molecule has 3 heteroatoms. The molecule has 0 atom stereocenters. The van der Waals surface area contributed by atoms with Crippen LogP contribution in [0, 0.1) is 0 Å². The maximum absolute atomic E-state index is 11.1. The van der Waals surface area contributed by atoms with Gasteiger partial charge in [0.05, 0.1) is 6.61 Å². The maximum atomic E-state index is 11.1. The van der Waals surface area contributed by atoms with Crippen LogP contribution < -0.4 is 0 Å². The number of methoxy groups -OCH3 is 1. The second kappa shape index (κ2) is 13.2. The van der Waals surface area contributed by atoms with Gasteiger partial charge in [0.25, 0.3) is 0 Å². The molecule has 0 saturated heterocycles. The standard InChI is InChI=1S/C14H26O3/c1-3-4-5-6-7-8-9-10-11-14(15)17-13-12-16-2/h10-11H,3-9,12-13H2,1-2H3. The fourth-order valence-corrected chi connectivity index (χ4v) is 1.50. The third-order valence-electron chi connectivity index (χ3n) is 2.51. The summed E-state index contributed by atoms with van der Waals surface area (Å²) in [4.78, 5) is 11.1. The number of allylic oxidation sites excluding steroid dienone is 1. The summed E-state index contributed by atoms with van der Waals surface area (Å²) in [7, 11) is 1.59. The molecule has 0 aromatic carbocycles. The van der Waals surface area contributed by atoms with Crippen molar-refractivity contribution in [3.05, 3.63) is 12.2 Å². The van der Waals surface area contributed by atoms with Gasteiger partial charge in [-0.05, 0) is 12.8 Å². The lowest BCUT2D eigenvalue weighted by atomic mass is 10.1. The molecule has 0 saturated carbocycles. The molecule has 0 N–H and O–H groups in total. The molecule has 100 valence electrons. The van der Waals surface area contributed by atoms with Crippen molar-refractivity contribution in [3.8, 4) is 0 Å². The van der Waals surface area contributed by atoms with E-state index < -0.39 is 0 Å². The molecule has 17 heavy (non-hydrogen) atoms. The lowest BCUT2D eigenvalue weighted by Crippen LogP contribution is -2.06. The summed E-state index contributed by atoms with van der Waals surface area (Å²) in [5.41, 5.74) is 0. The van der Waals surface area contributed by atoms with E-state index in [1.54, 1.807) is 7.11 Å². The van der Waals surface area contributed by atoms with Gasteiger partial charge in [-0.15, -0.1) is 0 Å². The summed E-state index contributed by atoms with van der Waals surface area (Å²) >= 11 is 0. The van der Waals surface area contributed by atoms with E-state index in [1.165, 1.54) is 38.2 Å². The van der Waals surface area contributed by atoms with Gasteiger partial charge in [0.2, 0.25) is 0 Å². The predicted octanol–water partition coefficient (Wildman–Crippen LogP) is 3.48. The van der Waals surface area contributed by atoms with Crippen molar-refractivity contribution in [1.82, 2.24) is 0 Å². The number of ether oxygens (including phenoxy) is 2. The average molecular weight is 242 g/mol. The summed E-state index contributed by atoms with van der Waals surface area (Å²) in [5, 5.41) is 0. The highest BCUT2D eigenvalue weighted by atomic mass is 16.6. The first-order valence-electron chi connectivity index (χ1n) is 6.63. The van der Waals surface area contributed by atoms with Gasteiger partial charge in [-0.25, -0.2) is 4.79 Å².